The molecule has 17 nitrogen and oxygen atoms in total. The van der Waals surface area contributed by atoms with Crippen LogP contribution in [0.5, 0.6) is 0 Å². The van der Waals surface area contributed by atoms with Gasteiger partial charge in [-0.2, -0.15) is 16.8 Å². The minimum Gasteiger partial charge on any atom is -0.286 e. The molecule has 5 aliphatic heterocycles. The molecular weight excluding hydrogens is 735 g/mol. The van der Waals surface area contributed by atoms with Crippen molar-refractivity contribution in [2.75, 3.05) is 0 Å². The molecule has 0 aromatic rings. The van der Waals surface area contributed by atoms with E-state index in [4.69, 9.17) is 5.14 Å². The highest BCUT2D eigenvalue weighted by Crippen LogP contribution is 2.48. The zero-order valence-corrected chi connectivity index (χ0v) is 31.8. The Morgan fingerprint density at radius 3 is 0.942 bits per heavy atom. The van der Waals surface area contributed by atoms with E-state index >= 15 is 0 Å². The van der Waals surface area contributed by atoms with Crippen LogP contribution in [0, 0.1) is 47.3 Å². The van der Waals surface area contributed by atoms with Gasteiger partial charge in [0.05, 0.1) is 54.6 Å². The van der Waals surface area contributed by atoms with Crippen LogP contribution in [-0.2, 0) is 30.3 Å². The van der Waals surface area contributed by atoms with Crippen molar-refractivity contribution in [3.8, 4) is 0 Å². The lowest BCUT2D eigenvalue weighted by Crippen LogP contribution is -2.64. The zero-order valence-electron chi connectivity index (χ0n) is 29.3. The second-order valence-electron chi connectivity index (χ2n) is 17.6. The van der Waals surface area contributed by atoms with Crippen LogP contribution in [0.1, 0.15) is 83.5 Å². The molecular formula is C32H57N9O8S3. The summed E-state index contributed by atoms with van der Waals surface area (Å²) >= 11 is 0. The maximum atomic E-state index is 13.3. The second kappa shape index (κ2) is 13.5. The van der Waals surface area contributed by atoms with Crippen LogP contribution >= 0.6 is 0 Å². The summed E-state index contributed by atoms with van der Waals surface area (Å²) in [5.41, 5.74) is 0. The van der Waals surface area contributed by atoms with Gasteiger partial charge in [0.15, 0.2) is 0 Å². The third kappa shape index (κ3) is 6.41. The fraction of sp³-hybridized carbons (Fsp3) is 1.00. The molecule has 0 aromatic carbocycles. The van der Waals surface area contributed by atoms with E-state index < -0.39 is 70.2 Å². The number of nitrogens with one attached hydrogen (secondary N) is 8. The Kier molecular flexibility index (Phi) is 9.62. The molecule has 5 saturated heterocycles. The first kappa shape index (κ1) is 37.0. The third-order valence-electron chi connectivity index (χ3n) is 15.1. The Hall–Kier alpha value is -0.590. The number of hydrogen-bond acceptors (Lipinski definition) is 14. The maximum Gasteiger partial charge on any atom is 0.270 e. The fourth-order valence-corrected chi connectivity index (χ4v) is 18.2. The normalized spacial score (nSPS) is 52.3. The van der Waals surface area contributed by atoms with Crippen molar-refractivity contribution in [1.82, 2.24) is 42.5 Å². The largest absolute Gasteiger partial charge is 0.286 e. The minimum atomic E-state index is -5.32. The first-order valence-corrected chi connectivity index (χ1v) is 24.3. The fourth-order valence-electron chi connectivity index (χ4n) is 13.0. The summed E-state index contributed by atoms with van der Waals surface area (Å²) in [5.74, 6) is 0.142. The lowest BCUT2D eigenvalue weighted by atomic mass is 9.76. The van der Waals surface area contributed by atoms with Gasteiger partial charge >= 0.3 is 0 Å². The Balaban J connectivity index is 1.13. The molecule has 9 rings (SSSR count). The van der Waals surface area contributed by atoms with E-state index in [1.165, 1.54) is 19.3 Å². The van der Waals surface area contributed by atoms with Gasteiger partial charge in [-0.3, -0.25) is 51.6 Å². The van der Waals surface area contributed by atoms with Crippen molar-refractivity contribution in [2.24, 2.45) is 52.5 Å². The smallest absolute Gasteiger partial charge is 0.270 e. The first-order valence-electron chi connectivity index (χ1n) is 19.7. The van der Waals surface area contributed by atoms with Gasteiger partial charge in [-0.1, -0.05) is 38.5 Å². The van der Waals surface area contributed by atoms with Gasteiger partial charge in [-0.15, -0.1) is 0 Å². The van der Waals surface area contributed by atoms with Gasteiger partial charge in [0.2, 0.25) is 10.0 Å². The first-order chi connectivity index (χ1) is 24.7. The highest BCUT2D eigenvalue weighted by molar-refractivity contribution is 7.94. The molecule has 296 valence electrons. The molecule has 19 atom stereocenters. The van der Waals surface area contributed by atoms with Crippen molar-refractivity contribution in [2.45, 2.75) is 149 Å². The number of primary sulfonamides is 1. The predicted molar refractivity (Wildman–Crippen MR) is 191 cm³/mol. The molecule has 20 heteroatoms. The molecule has 0 amide bonds. The molecule has 12 N–H and O–H groups in total. The zero-order chi connectivity index (χ0) is 36.3. The average molecular weight is 792 g/mol. The lowest BCUT2D eigenvalue weighted by molar-refractivity contribution is 0.167. The summed E-state index contributed by atoms with van der Waals surface area (Å²) in [4.78, 5) is 0. The number of rotatable bonds is 3. The van der Waals surface area contributed by atoms with Crippen LogP contribution < -0.4 is 47.7 Å². The predicted octanol–water partition coefficient (Wildman–Crippen LogP) is -1.39. The Bertz CT molecular complexity index is 1710. The molecule has 9 fully saturated rings. The molecule has 19 unspecified atom stereocenters. The van der Waals surface area contributed by atoms with E-state index in [1.807, 2.05) is 0 Å². The minimum absolute atomic E-state index is 0.00960. The number of hydrogen-bond donors (Lipinski definition) is 11. The Morgan fingerprint density at radius 1 is 0.404 bits per heavy atom. The topological polar surface area (TPSA) is 265 Å². The van der Waals surface area contributed by atoms with Crippen LogP contribution in [0.25, 0.3) is 0 Å². The molecule has 0 aromatic heterocycles. The van der Waals surface area contributed by atoms with E-state index in [0.29, 0.717) is 23.7 Å². The van der Waals surface area contributed by atoms with Crippen LogP contribution in [-0.4, -0.2) is 99.4 Å². The molecule has 8 bridgehead atoms. The average Bonchev–Trinajstić information content (AvgIpc) is 3.82. The number of nitrogens with two attached hydrogens (primary N) is 1. The van der Waals surface area contributed by atoms with Crippen LogP contribution in [0.3, 0.4) is 0 Å². The summed E-state index contributed by atoms with van der Waals surface area (Å²) in [7, 11) is -15.3. The highest BCUT2D eigenvalue weighted by Gasteiger charge is 2.65. The molecule has 9 aliphatic rings. The third-order valence-corrected chi connectivity index (χ3v) is 19.3. The Labute approximate surface area is 307 Å². The molecule has 0 spiro atoms. The molecule has 0 radical (unpaired) electrons. The van der Waals surface area contributed by atoms with Gasteiger partial charge in [-0.05, 0) is 86.4 Å². The van der Waals surface area contributed by atoms with Crippen molar-refractivity contribution >= 4 is 30.3 Å². The van der Waals surface area contributed by atoms with Crippen molar-refractivity contribution in [3.63, 3.8) is 0 Å². The summed E-state index contributed by atoms with van der Waals surface area (Å²) in [6.45, 7) is 0. The van der Waals surface area contributed by atoms with E-state index in [0.717, 1.165) is 57.8 Å². The Morgan fingerprint density at radius 2 is 0.673 bits per heavy atom. The summed E-state index contributed by atoms with van der Waals surface area (Å²) in [6, 6.07) is 0. The molecule has 4 saturated carbocycles. The summed E-state index contributed by atoms with van der Waals surface area (Å²) in [6.07, 6.45) is 11.0. The van der Waals surface area contributed by atoms with E-state index in [1.54, 1.807) is 0 Å². The summed E-state index contributed by atoms with van der Waals surface area (Å²) in [5, 5.41) is 29.8. The van der Waals surface area contributed by atoms with Gasteiger partial charge in [0, 0.05) is 5.92 Å². The van der Waals surface area contributed by atoms with Crippen LogP contribution in [0.15, 0.2) is 0 Å². The molecule has 52 heavy (non-hydrogen) atoms. The SMILES string of the molecule is NS(=O)(=O)C1CC2C3NC4NC(NC5NC(NC6NC(NC(N3)C2C(S(=O)(=O)O)C1S(=O)(=O)O)C1CCCCC61)C1CCCCC51)C1CCCCC41. The van der Waals surface area contributed by atoms with E-state index in [9.17, 15) is 34.4 Å². The van der Waals surface area contributed by atoms with Gasteiger partial charge in [-0.25, -0.2) is 13.6 Å². The second-order valence-corrected chi connectivity index (χ2v) is 22.5. The van der Waals surface area contributed by atoms with Gasteiger partial charge in [0.1, 0.15) is 10.5 Å². The standard InChI is InChI=1S/C32H57N9O8S3/c33-50(42,43)21-13-20-22(24(52(47,48)49)23(21)51(44,45)46)32-40-30-19-12-6-5-11-18(19)28(38-30)36-26-15-8-2-1-7-14(15)25(34-26)35-27-16-9-3-4-10-17(16)29(37-27)39-31(20)41-32/h14-32,34-41H,1-13H2,(H2,33,42,43)(H,44,45,46)(H,47,48,49). The molecule has 4 aliphatic carbocycles. The van der Waals surface area contributed by atoms with Crippen LogP contribution in [0.4, 0.5) is 0 Å². The van der Waals surface area contributed by atoms with Crippen molar-refractivity contribution in [1.29, 1.82) is 0 Å². The van der Waals surface area contributed by atoms with Crippen LogP contribution in [0.2, 0.25) is 0 Å². The van der Waals surface area contributed by atoms with Crippen molar-refractivity contribution < 1.29 is 34.4 Å². The summed E-state index contributed by atoms with van der Waals surface area (Å²) < 4.78 is 99.9. The quantitative estimate of drug-likeness (QED) is 0.147. The number of sulfonamides is 1. The van der Waals surface area contributed by atoms with Gasteiger partial charge in [0.25, 0.3) is 20.2 Å². The lowest BCUT2D eigenvalue weighted by Gasteiger charge is -2.43. The highest BCUT2D eigenvalue weighted by atomic mass is 32.2. The van der Waals surface area contributed by atoms with E-state index in [2.05, 4.69) is 42.5 Å². The number of fused-ring (bicyclic) bond motifs is 20. The maximum absolute atomic E-state index is 13.3. The van der Waals surface area contributed by atoms with Gasteiger partial charge < -0.3 is 0 Å². The molecule has 5 heterocycles. The monoisotopic (exact) mass is 791 g/mol. The van der Waals surface area contributed by atoms with E-state index in [-0.39, 0.29) is 55.3 Å². The van der Waals surface area contributed by atoms with Crippen molar-refractivity contribution in [3.05, 3.63) is 0 Å².